The van der Waals surface area contributed by atoms with Gasteiger partial charge in [-0.05, 0) is 37.3 Å². The Morgan fingerprint density at radius 2 is 1.92 bits per heavy atom. The van der Waals surface area contributed by atoms with E-state index < -0.39 is 5.72 Å². The third-order valence-corrected chi connectivity index (χ3v) is 4.81. The molecule has 2 aliphatic heterocycles. The van der Waals surface area contributed by atoms with Crippen LogP contribution in [0, 0.1) is 0 Å². The van der Waals surface area contributed by atoms with Gasteiger partial charge >= 0.3 is 6.03 Å². The number of benzene rings is 2. The Balaban J connectivity index is 1.78. The summed E-state index contributed by atoms with van der Waals surface area (Å²) < 4.78 is 17.0. The van der Waals surface area contributed by atoms with Crippen molar-refractivity contribution in [2.75, 3.05) is 19.1 Å². The van der Waals surface area contributed by atoms with Crippen LogP contribution in [0.3, 0.4) is 0 Å². The molecule has 6 nitrogen and oxygen atoms in total. The summed E-state index contributed by atoms with van der Waals surface area (Å²) in [5.41, 5.74) is 0.889. The Kier molecular flexibility index (Phi) is 3.49. The lowest BCUT2D eigenvalue weighted by molar-refractivity contribution is 0.0349. The quantitative estimate of drug-likeness (QED) is 0.929. The van der Waals surface area contributed by atoms with E-state index >= 15 is 0 Å². The van der Waals surface area contributed by atoms with Gasteiger partial charge in [-0.15, -0.1) is 0 Å². The van der Waals surface area contributed by atoms with E-state index in [1.54, 1.807) is 19.1 Å². The molecule has 2 aromatic rings. The van der Waals surface area contributed by atoms with Crippen molar-refractivity contribution in [3.8, 4) is 17.2 Å². The van der Waals surface area contributed by atoms with E-state index in [1.165, 1.54) is 0 Å². The Morgan fingerprint density at radius 1 is 1.16 bits per heavy atom. The normalized spacial score (nSPS) is 24.0. The van der Waals surface area contributed by atoms with Gasteiger partial charge in [0.15, 0.2) is 17.2 Å². The van der Waals surface area contributed by atoms with E-state index in [9.17, 15) is 4.79 Å². The molecule has 0 saturated carbocycles. The van der Waals surface area contributed by atoms with Crippen LogP contribution in [0.25, 0.3) is 0 Å². The summed E-state index contributed by atoms with van der Waals surface area (Å²) in [6, 6.07) is 12.8. The molecule has 2 aliphatic rings. The number of hydrogen-bond donors (Lipinski definition) is 1. The Bertz CT molecular complexity index is 821. The summed E-state index contributed by atoms with van der Waals surface area (Å²) in [6.07, 6.45) is 0.644. The number of ether oxygens (including phenoxy) is 3. The fourth-order valence-electron chi connectivity index (χ4n) is 3.64. The van der Waals surface area contributed by atoms with Gasteiger partial charge in [0.1, 0.15) is 5.75 Å². The number of amides is 2. The molecule has 1 N–H and O–H groups in total. The van der Waals surface area contributed by atoms with Crippen molar-refractivity contribution in [2.24, 2.45) is 0 Å². The van der Waals surface area contributed by atoms with Gasteiger partial charge in [0.05, 0.1) is 20.3 Å². The first-order chi connectivity index (χ1) is 12.1. The van der Waals surface area contributed by atoms with E-state index in [-0.39, 0.29) is 12.1 Å². The van der Waals surface area contributed by atoms with Crippen molar-refractivity contribution in [2.45, 2.75) is 25.1 Å². The van der Waals surface area contributed by atoms with Gasteiger partial charge in [-0.3, -0.25) is 4.90 Å². The molecule has 0 aromatic heterocycles. The van der Waals surface area contributed by atoms with E-state index in [0.717, 1.165) is 17.0 Å². The number of fused-ring (bicyclic) bond motifs is 4. The molecule has 130 valence electrons. The van der Waals surface area contributed by atoms with Gasteiger partial charge in [0.2, 0.25) is 0 Å². The first kappa shape index (κ1) is 15.6. The van der Waals surface area contributed by atoms with Crippen molar-refractivity contribution < 1.29 is 19.0 Å². The zero-order valence-corrected chi connectivity index (χ0v) is 14.4. The second-order valence-electron chi connectivity index (χ2n) is 6.40. The molecular weight excluding hydrogens is 320 g/mol. The smallest absolute Gasteiger partial charge is 0.325 e. The number of methoxy groups -OCH3 is 2. The standard InChI is InChI=1S/C19H20N2O4/c1-19-11-15(14-5-4-6-16(24-3)17(14)25-19)20-18(22)21(19)12-7-9-13(23-2)10-8-12/h4-10,15H,11H2,1-3H3,(H,20,22)/t15-,19+/m0/s1. The third kappa shape index (κ3) is 2.36. The van der Waals surface area contributed by atoms with Crippen LogP contribution in [0.2, 0.25) is 0 Å². The molecule has 6 heteroatoms. The number of carbonyl (C=O) groups excluding carboxylic acids is 1. The van der Waals surface area contributed by atoms with Gasteiger partial charge in [0, 0.05) is 17.7 Å². The van der Waals surface area contributed by atoms with Crippen LogP contribution in [0.4, 0.5) is 10.5 Å². The minimum absolute atomic E-state index is 0.106. The molecular formula is C19H20N2O4. The number of hydrogen-bond acceptors (Lipinski definition) is 4. The molecule has 25 heavy (non-hydrogen) atoms. The summed E-state index contributed by atoms with van der Waals surface area (Å²) in [4.78, 5) is 14.5. The monoisotopic (exact) mass is 340 g/mol. The van der Waals surface area contributed by atoms with Crippen LogP contribution in [0.15, 0.2) is 42.5 Å². The van der Waals surface area contributed by atoms with Crippen LogP contribution in [0.1, 0.15) is 24.9 Å². The van der Waals surface area contributed by atoms with E-state index in [1.807, 2.05) is 49.4 Å². The predicted molar refractivity (Wildman–Crippen MR) is 93.4 cm³/mol. The van der Waals surface area contributed by atoms with Crippen LogP contribution < -0.4 is 24.4 Å². The zero-order chi connectivity index (χ0) is 17.6. The lowest BCUT2D eigenvalue weighted by Gasteiger charge is -2.50. The second-order valence-corrected chi connectivity index (χ2v) is 6.40. The van der Waals surface area contributed by atoms with Gasteiger partial charge in [-0.1, -0.05) is 12.1 Å². The molecule has 2 amide bonds. The SMILES string of the molecule is COc1ccc(N2C(=O)N[C@H]3C[C@@]2(C)Oc2c(OC)cccc23)cc1. The van der Waals surface area contributed by atoms with E-state index in [2.05, 4.69) is 5.32 Å². The zero-order valence-electron chi connectivity index (χ0n) is 14.4. The first-order valence-electron chi connectivity index (χ1n) is 8.16. The first-order valence-corrected chi connectivity index (χ1v) is 8.16. The number of anilines is 1. The van der Waals surface area contributed by atoms with Crippen LogP contribution in [-0.2, 0) is 0 Å². The van der Waals surface area contributed by atoms with Crippen LogP contribution >= 0.6 is 0 Å². The lowest BCUT2D eigenvalue weighted by Crippen LogP contribution is -2.65. The van der Waals surface area contributed by atoms with Crippen molar-refractivity contribution in [3.63, 3.8) is 0 Å². The molecule has 0 unspecified atom stereocenters. The number of para-hydroxylation sites is 1. The minimum atomic E-state index is -0.802. The molecule has 0 spiro atoms. The third-order valence-electron chi connectivity index (χ3n) is 4.81. The number of carbonyl (C=O) groups is 1. The molecule has 2 bridgehead atoms. The average molecular weight is 340 g/mol. The topological polar surface area (TPSA) is 60.0 Å². The number of nitrogens with one attached hydrogen (secondary N) is 1. The summed E-state index contributed by atoms with van der Waals surface area (Å²) in [5, 5.41) is 3.08. The highest BCUT2D eigenvalue weighted by Gasteiger charge is 2.50. The number of nitrogens with zero attached hydrogens (tertiary/aromatic N) is 1. The van der Waals surface area contributed by atoms with Gasteiger partial charge < -0.3 is 19.5 Å². The summed E-state index contributed by atoms with van der Waals surface area (Å²) >= 11 is 0. The lowest BCUT2D eigenvalue weighted by atomic mass is 9.90. The van der Waals surface area contributed by atoms with Crippen molar-refractivity contribution in [3.05, 3.63) is 48.0 Å². The average Bonchev–Trinajstić information content (AvgIpc) is 2.61. The van der Waals surface area contributed by atoms with Gasteiger partial charge in [-0.2, -0.15) is 0 Å². The largest absolute Gasteiger partial charge is 0.497 e. The van der Waals surface area contributed by atoms with Crippen molar-refractivity contribution >= 4 is 11.7 Å². The number of rotatable bonds is 3. The van der Waals surface area contributed by atoms with E-state index in [4.69, 9.17) is 14.2 Å². The summed E-state index contributed by atoms with van der Waals surface area (Å²) in [5.74, 6) is 2.09. The minimum Gasteiger partial charge on any atom is -0.497 e. The molecule has 0 aliphatic carbocycles. The Hall–Kier alpha value is -2.89. The second kappa shape index (κ2) is 5.58. The maximum absolute atomic E-state index is 12.8. The molecule has 2 aromatic carbocycles. The maximum atomic E-state index is 12.8. The molecule has 4 rings (SSSR count). The highest BCUT2D eigenvalue weighted by molar-refractivity contribution is 5.95. The Morgan fingerprint density at radius 3 is 2.60 bits per heavy atom. The van der Waals surface area contributed by atoms with Crippen LogP contribution in [-0.4, -0.2) is 26.0 Å². The highest BCUT2D eigenvalue weighted by Crippen LogP contribution is 2.49. The number of urea groups is 1. The van der Waals surface area contributed by atoms with Gasteiger partial charge in [-0.25, -0.2) is 4.79 Å². The fraction of sp³-hybridized carbons (Fsp3) is 0.316. The summed E-state index contributed by atoms with van der Waals surface area (Å²) in [7, 11) is 3.23. The fourth-order valence-corrected chi connectivity index (χ4v) is 3.64. The summed E-state index contributed by atoms with van der Waals surface area (Å²) in [6.45, 7) is 1.93. The van der Waals surface area contributed by atoms with Crippen LogP contribution in [0.5, 0.6) is 17.2 Å². The van der Waals surface area contributed by atoms with Crippen molar-refractivity contribution in [1.82, 2.24) is 5.32 Å². The molecule has 1 fully saturated rings. The molecule has 1 saturated heterocycles. The molecule has 0 radical (unpaired) electrons. The molecule has 2 atom stereocenters. The maximum Gasteiger partial charge on any atom is 0.325 e. The Labute approximate surface area is 146 Å². The van der Waals surface area contributed by atoms with Crippen molar-refractivity contribution in [1.29, 1.82) is 0 Å². The molecule has 2 heterocycles. The highest BCUT2D eigenvalue weighted by atomic mass is 16.5. The van der Waals surface area contributed by atoms with Gasteiger partial charge in [0.25, 0.3) is 0 Å². The predicted octanol–water partition coefficient (Wildman–Crippen LogP) is 3.47. The van der Waals surface area contributed by atoms with E-state index in [0.29, 0.717) is 17.9 Å².